The number of ether oxygens (including phenoxy) is 2. The second-order valence-electron chi connectivity index (χ2n) is 20.1. The van der Waals surface area contributed by atoms with Crippen molar-refractivity contribution in [2.75, 3.05) is 7.05 Å². The summed E-state index contributed by atoms with van der Waals surface area (Å²) in [4.78, 5) is 55.2. The van der Waals surface area contributed by atoms with E-state index in [0.717, 1.165) is 49.8 Å². The zero-order valence-corrected chi connectivity index (χ0v) is 34.1. The predicted octanol–water partition coefficient (Wildman–Crippen LogP) is 9.04. The standard InChI is InChI=1S/C43H62F6N2O6/c1-23-6-13-28(14-7-23)57-35-22-24(40(2,3)4)10-19-34(35)56-29-15-11-27(12-16-29)51-38(54)31-18-9-26(21-33(31)39(51)55)41(42(44,45)46,43(47,48)49)25-8-17-30-32(20-25)37(53)50(5)36(30)52/h23-35H,6-22H2,1-5H3. The smallest absolute Gasteiger partial charge is 0.372 e. The largest absolute Gasteiger partial charge is 0.403 e. The Labute approximate surface area is 332 Å². The Morgan fingerprint density at radius 2 is 0.947 bits per heavy atom. The van der Waals surface area contributed by atoms with E-state index in [9.17, 15) is 19.2 Å². The third kappa shape index (κ3) is 7.71. The molecule has 0 aromatic rings. The van der Waals surface area contributed by atoms with Crippen molar-refractivity contribution >= 4 is 23.6 Å². The summed E-state index contributed by atoms with van der Waals surface area (Å²) < 4.78 is 105. The molecule has 9 atom stereocenters. The lowest BCUT2D eigenvalue weighted by atomic mass is 9.54. The SMILES string of the molecule is CC1CCC(OC2CC(C(C)(C)C)CCC2OC2CCC(N3C(=O)C4CCC(C(C5CCC6C(=O)N(C)C(=O)C6C5)(C(F)(F)F)C(F)(F)F)CC4C3=O)CC2)CC1. The maximum atomic E-state index is 15.3. The molecule has 322 valence electrons. The van der Waals surface area contributed by atoms with Gasteiger partial charge in [-0.15, -0.1) is 0 Å². The van der Waals surface area contributed by atoms with Crippen LogP contribution in [0, 0.1) is 58.2 Å². The normalized spacial score (nSPS) is 40.1. The zero-order valence-electron chi connectivity index (χ0n) is 34.1. The highest BCUT2D eigenvalue weighted by Gasteiger charge is 2.78. The van der Waals surface area contributed by atoms with Crippen LogP contribution in [0.25, 0.3) is 0 Å². The van der Waals surface area contributed by atoms with Gasteiger partial charge >= 0.3 is 12.4 Å². The molecule has 7 rings (SSSR count). The molecule has 2 saturated heterocycles. The van der Waals surface area contributed by atoms with Crippen molar-refractivity contribution in [1.82, 2.24) is 9.80 Å². The van der Waals surface area contributed by atoms with Crippen LogP contribution in [0.1, 0.15) is 137 Å². The highest BCUT2D eigenvalue weighted by Crippen LogP contribution is 2.67. The quantitative estimate of drug-likeness (QED) is 0.188. The van der Waals surface area contributed by atoms with Crippen LogP contribution in [0.4, 0.5) is 26.3 Å². The van der Waals surface area contributed by atoms with Crippen LogP contribution < -0.4 is 0 Å². The lowest BCUT2D eigenvalue weighted by Gasteiger charge is -2.52. The molecular weight excluding hydrogens is 754 g/mol. The van der Waals surface area contributed by atoms with Gasteiger partial charge in [0, 0.05) is 13.1 Å². The van der Waals surface area contributed by atoms with Gasteiger partial charge in [-0.2, -0.15) is 26.3 Å². The molecule has 0 aromatic carbocycles. The Bertz CT molecular complexity index is 1510. The molecule has 7 aliphatic rings. The molecule has 0 spiro atoms. The monoisotopic (exact) mass is 816 g/mol. The van der Waals surface area contributed by atoms with Gasteiger partial charge in [-0.1, -0.05) is 27.7 Å². The van der Waals surface area contributed by atoms with E-state index >= 15 is 26.3 Å². The van der Waals surface area contributed by atoms with Crippen LogP contribution in [0.15, 0.2) is 0 Å². The van der Waals surface area contributed by atoms with Gasteiger partial charge in [-0.25, -0.2) is 0 Å². The van der Waals surface area contributed by atoms with Crippen LogP contribution in [0.5, 0.6) is 0 Å². The van der Waals surface area contributed by atoms with Gasteiger partial charge in [0.15, 0.2) is 5.41 Å². The van der Waals surface area contributed by atoms with Crippen molar-refractivity contribution in [2.45, 2.75) is 180 Å². The highest BCUT2D eigenvalue weighted by molar-refractivity contribution is 6.06. The number of carbonyl (C=O) groups is 4. The number of halogens is 6. The third-order valence-corrected chi connectivity index (χ3v) is 16.0. The average Bonchev–Trinajstić information content (AvgIpc) is 3.51. The summed E-state index contributed by atoms with van der Waals surface area (Å²) in [5.74, 6) is -9.69. The Morgan fingerprint density at radius 3 is 1.47 bits per heavy atom. The number of rotatable bonds is 7. The van der Waals surface area contributed by atoms with E-state index in [0.29, 0.717) is 37.5 Å². The molecule has 5 saturated carbocycles. The number of carbonyl (C=O) groups excluding carboxylic acids is 4. The van der Waals surface area contributed by atoms with Crippen LogP contribution >= 0.6 is 0 Å². The van der Waals surface area contributed by atoms with E-state index in [-0.39, 0.29) is 42.7 Å². The fourth-order valence-corrected chi connectivity index (χ4v) is 12.6. The molecule has 4 amide bonds. The van der Waals surface area contributed by atoms with E-state index in [1.165, 1.54) is 11.9 Å². The Morgan fingerprint density at radius 1 is 0.509 bits per heavy atom. The van der Waals surface area contributed by atoms with Crippen LogP contribution in [0.3, 0.4) is 0 Å². The minimum atomic E-state index is -5.74. The summed E-state index contributed by atoms with van der Waals surface area (Å²) in [6, 6.07) is -0.491. The molecular formula is C43H62F6N2O6. The molecule has 0 bridgehead atoms. The number of hydrogen-bond donors (Lipinski definition) is 0. The molecule has 0 aromatic heterocycles. The molecule has 0 radical (unpaired) electrons. The Balaban J connectivity index is 1.02. The molecule has 7 fully saturated rings. The predicted molar refractivity (Wildman–Crippen MR) is 197 cm³/mol. The second kappa shape index (κ2) is 15.7. The number of imide groups is 2. The van der Waals surface area contributed by atoms with Crippen molar-refractivity contribution in [2.24, 2.45) is 58.2 Å². The summed E-state index contributed by atoms with van der Waals surface area (Å²) in [6.07, 6.45) is -5.10. The first-order valence-electron chi connectivity index (χ1n) is 21.8. The lowest BCUT2D eigenvalue weighted by molar-refractivity contribution is -0.383. The second-order valence-corrected chi connectivity index (χ2v) is 20.1. The van der Waals surface area contributed by atoms with Crippen molar-refractivity contribution in [1.29, 1.82) is 0 Å². The first kappa shape index (κ1) is 42.9. The maximum absolute atomic E-state index is 15.3. The van der Waals surface area contributed by atoms with E-state index in [1.807, 2.05) is 0 Å². The molecule has 2 aliphatic heterocycles. The minimum Gasteiger partial charge on any atom is -0.372 e. The van der Waals surface area contributed by atoms with E-state index in [4.69, 9.17) is 9.47 Å². The Hall–Kier alpha value is -2.22. The fraction of sp³-hybridized carbons (Fsp3) is 0.907. The summed E-state index contributed by atoms with van der Waals surface area (Å²) in [6.45, 7) is 9.10. The van der Waals surface area contributed by atoms with Gasteiger partial charge in [0.25, 0.3) is 0 Å². The summed E-state index contributed by atoms with van der Waals surface area (Å²) >= 11 is 0. The number of alkyl halides is 6. The van der Waals surface area contributed by atoms with Gasteiger partial charge in [0.1, 0.15) is 0 Å². The maximum Gasteiger partial charge on any atom is 0.403 e. The fourth-order valence-electron chi connectivity index (χ4n) is 12.6. The van der Waals surface area contributed by atoms with E-state index in [1.54, 1.807) is 0 Å². The third-order valence-electron chi connectivity index (χ3n) is 16.0. The van der Waals surface area contributed by atoms with Crippen LogP contribution in [0.2, 0.25) is 0 Å². The van der Waals surface area contributed by atoms with Crippen molar-refractivity contribution in [3.63, 3.8) is 0 Å². The number of nitrogens with zero attached hydrogens (tertiary/aromatic N) is 2. The number of hydrogen-bond acceptors (Lipinski definition) is 6. The highest BCUT2D eigenvalue weighted by atomic mass is 19.4. The molecule has 5 aliphatic carbocycles. The first-order valence-corrected chi connectivity index (χ1v) is 21.8. The van der Waals surface area contributed by atoms with E-state index < -0.39 is 109 Å². The number of amides is 4. The average molecular weight is 817 g/mol. The number of fused-ring (bicyclic) bond motifs is 2. The molecule has 14 heteroatoms. The van der Waals surface area contributed by atoms with Crippen molar-refractivity contribution < 1.29 is 55.0 Å². The molecule has 9 unspecified atom stereocenters. The van der Waals surface area contributed by atoms with E-state index in [2.05, 4.69) is 27.7 Å². The number of likely N-dealkylation sites (tertiary alicyclic amines) is 2. The lowest BCUT2D eigenvalue weighted by Crippen LogP contribution is -2.61. The van der Waals surface area contributed by atoms with Gasteiger partial charge in [-0.3, -0.25) is 29.0 Å². The summed E-state index contributed by atoms with van der Waals surface area (Å²) in [7, 11) is 1.20. The van der Waals surface area contributed by atoms with Crippen LogP contribution in [-0.2, 0) is 28.7 Å². The Kier molecular flexibility index (Phi) is 11.8. The van der Waals surface area contributed by atoms with Gasteiger partial charge in [0.2, 0.25) is 23.6 Å². The zero-order chi connectivity index (χ0) is 41.4. The van der Waals surface area contributed by atoms with Gasteiger partial charge < -0.3 is 9.47 Å². The molecule has 0 N–H and O–H groups in total. The molecule has 2 heterocycles. The molecule has 57 heavy (non-hydrogen) atoms. The summed E-state index contributed by atoms with van der Waals surface area (Å²) in [5.41, 5.74) is -4.04. The van der Waals surface area contributed by atoms with Crippen LogP contribution in [-0.4, -0.2) is 83.3 Å². The van der Waals surface area contributed by atoms with Crippen molar-refractivity contribution in [3.05, 3.63) is 0 Å². The first-order chi connectivity index (χ1) is 26.6. The minimum absolute atomic E-state index is 0.0186. The van der Waals surface area contributed by atoms with Crippen molar-refractivity contribution in [3.8, 4) is 0 Å². The molecule has 8 nitrogen and oxygen atoms in total. The summed E-state index contributed by atoms with van der Waals surface area (Å²) in [5, 5.41) is 0. The van der Waals surface area contributed by atoms with Gasteiger partial charge in [-0.05, 0) is 138 Å². The topological polar surface area (TPSA) is 93.2 Å². The van der Waals surface area contributed by atoms with Gasteiger partial charge in [0.05, 0.1) is 48.1 Å².